The van der Waals surface area contributed by atoms with E-state index < -0.39 is 30.8 Å². The summed E-state index contributed by atoms with van der Waals surface area (Å²) in [7, 11) is 1.62. The van der Waals surface area contributed by atoms with E-state index in [1.807, 2.05) is 83.3 Å². The molecule has 618 valence electrons. The zero-order chi connectivity index (χ0) is 83.2. The van der Waals surface area contributed by atoms with Gasteiger partial charge in [-0.3, -0.25) is 78.2 Å². The molecule has 16 heterocycles. The van der Waals surface area contributed by atoms with Gasteiger partial charge in [-0.1, -0.05) is 24.3 Å². The number of carbonyl (C=O) groups excluding carboxylic acids is 4. The first-order chi connectivity index (χ1) is 59.3. The number of halogens is 2. The molecule has 0 aliphatic heterocycles. The van der Waals surface area contributed by atoms with Crippen molar-refractivity contribution in [3.8, 4) is 91.4 Å². The first kappa shape index (κ1) is 80.9. The number of ether oxygens (including phenoxy) is 4. The molecular weight excluding hydrogens is 1570 g/mol. The van der Waals surface area contributed by atoms with Crippen molar-refractivity contribution in [3.63, 3.8) is 0 Å². The average molecular weight is 1650 g/mol. The van der Waals surface area contributed by atoms with E-state index >= 15 is 0 Å². The summed E-state index contributed by atoms with van der Waals surface area (Å²) >= 11 is 0. The number of methoxy groups -OCH3 is 1. The summed E-state index contributed by atoms with van der Waals surface area (Å²) in [5.41, 5.74) is 9.94. The molecule has 0 spiro atoms. The van der Waals surface area contributed by atoms with Gasteiger partial charge in [0.25, 0.3) is 30.1 Å². The third-order valence-corrected chi connectivity index (χ3v) is 18.4. The molecule has 0 radical (unpaired) electrons. The van der Waals surface area contributed by atoms with E-state index in [1.54, 1.807) is 111 Å². The van der Waals surface area contributed by atoms with Crippen LogP contribution >= 0.6 is 0 Å². The van der Waals surface area contributed by atoms with E-state index in [0.717, 1.165) is 25.7 Å². The first-order valence-corrected chi connectivity index (χ1v) is 37.9. The van der Waals surface area contributed by atoms with Crippen LogP contribution in [0.25, 0.3) is 91.4 Å². The number of aromatic nitrogens is 24. The lowest BCUT2D eigenvalue weighted by atomic mass is 9.89. The van der Waals surface area contributed by atoms with Crippen LogP contribution in [0.1, 0.15) is 93.1 Å². The van der Waals surface area contributed by atoms with Crippen LogP contribution in [0.3, 0.4) is 0 Å². The highest BCUT2D eigenvalue weighted by atomic mass is 19.3. The van der Waals surface area contributed by atoms with Gasteiger partial charge in [-0.25, -0.2) is 28.7 Å². The van der Waals surface area contributed by atoms with E-state index in [2.05, 4.69) is 117 Å². The Hall–Kier alpha value is -15.3. The number of nitrogens with one attached hydrogen (secondary N) is 8. The van der Waals surface area contributed by atoms with E-state index in [0.29, 0.717) is 147 Å². The number of hydrogen-bond acceptors (Lipinski definition) is 28. The number of rotatable bonds is 31. The molecule has 2 aliphatic rings. The second-order valence-corrected chi connectivity index (χ2v) is 26.7. The zero-order valence-corrected chi connectivity index (χ0v) is 64.6. The van der Waals surface area contributed by atoms with Gasteiger partial charge in [-0.15, -0.1) is 0 Å². The predicted octanol–water partition coefficient (Wildman–Crippen LogP) is 11.7. The molecule has 0 atom stereocenters. The molecule has 18 rings (SSSR count). The van der Waals surface area contributed by atoms with Crippen molar-refractivity contribution in [3.05, 3.63) is 220 Å². The fraction of sp³-hybridized carbons (Fsp3) is 0.241. The third-order valence-electron chi connectivity index (χ3n) is 18.4. The molecule has 40 nitrogen and oxygen atoms in total. The SMILES string of the molecule is CCOC1CC(n2cc(NC(=O)c3coc(-c4cn[nH]c4)n3)c(-c3ccccn3)n2)C1.COCCOCCn1cc(NC(=O)c2coc(-c3cn[nH]c3)n2)c(-c2ccccn2)n1.O=C(Nc1cn(C2CCC2)nc1-c1ccccn1)c1coc(-c2cn[nH]c2)n1.O=C(Nc1cn(CCOCC(F)F)nc1-c1ccccn1)c1coc(-c2cn[nH]c2)n1. The summed E-state index contributed by atoms with van der Waals surface area (Å²) in [4.78, 5) is 85.3. The summed E-state index contributed by atoms with van der Waals surface area (Å²) in [5, 5.41) is 55.8. The standard InChI is InChI=1S/C21H21N7O3.C20H21N7O4.C19H17F2N7O3.C19H17N7O2/c1-2-30-15-7-14(8-15)28-11-17(19(27-28)16-5-3-4-6-22-16)25-20(29)18-12-31-21(26-18)13-9-23-24-10-13;1-29-8-9-30-7-6-27-12-16(18(26-27)15-4-2-3-5-21-15)24-19(28)17-13-31-20(25-17)14-10-22-23-11-14;20-16(21)11-30-6-5-28-9-14(17(27-28)13-3-1-2-4-22-13)25-18(29)15-10-31-19(26-15)12-7-23-24-8-12;27-18(16-11-28-19(24-16)12-8-21-22-9-12)23-15-10-26(13-4-3-5-13)25-17(15)14-6-1-2-7-20-14/h3-6,9-12,14-15H,2,7-8H2,1H3,(H,23,24)(H,25,29);2-5,10-13H,6-9H2,1H3,(H,22,23)(H,24,28);1-4,7-10,16H,5-6,11H2,(H,23,24)(H,25,29);1-2,6-11,13H,3-5H2,(H,21,22)(H,23,27). The molecule has 16 aromatic rings. The number of nitrogens with zero attached hydrogens (tertiary/aromatic N) is 20. The molecule has 2 saturated carbocycles. The maximum absolute atomic E-state index is 12.8. The second-order valence-electron chi connectivity index (χ2n) is 26.7. The van der Waals surface area contributed by atoms with Crippen LogP contribution in [0.2, 0.25) is 0 Å². The predicted molar refractivity (Wildman–Crippen MR) is 426 cm³/mol. The molecule has 0 bridgehead atoms. The highest BCUT2D eigenvalue weighted by molar-refractivity contribution is 6.07. The van der Waals surface area contributed by atoms with E-state index in [9.17, 15) is 28.0 Å². The molecule has 8 N–H and O–H groups in total. The fourth-order valence-electron chi connectivity index (χ4n) is 12.1. The second kappa shape index (κ2) is 39.1. The summed E-state index contributed by atoms with van der Waals surface area (Å²) < 4.78 is 74.0. The van der Waals surface area contributed by atoms with Crippen molar-refractivity contribution in [2.24, 2.45) is 0 Å². The number of aromatic amines is 4. The van der Waals surface area contributed by atoms with E-state index in [1.165, 1.54) is 42.4 Å². The molecule has 16 aromatic heterocycles. The van der Waals surface area contributed by atoms with Crippen LogP contribution in [0.5, 0.6) is 0 Å². The lowest BCUT2D eigenvalue weighted by Crippen LogP contribution is -2.33. The van der Waals surface area contributed by atoms with Crippen LogP contribution in [0.15, 0.2) is 215 Å². The first-order valence-electron chi connectivity index (χ1n) is 37.9. The van der Waals surface area contributed by atoms with Crippen LogP contribution in [0.4, 0.5) is 31.5 Å². The highest BCUT2D eigenvalue weighted by Crippen LogP contribution is 2.39. The van der Waals surface area contributed by atoms with Crippen molar-refractivity contribution in [2.45, 2.75) is 76.7 Å². The molecule has 2 aliphatic carbocycles. The summed E-state index contributed by atoms with van der Waals surface area (Å²) in [6.45, 7) is 4.30. The number of hydrogen-bond donors (Lipinski definition) is 8. The van der Waals surface area contributed by atoms with Crippen molar-refractivity contribution in [1.29, 1.82) is 0 Å². The Kier molecular flexibility index (Phi) is 26.1. The highest BCUT2D eigenvalue weighted by Gasteiger charge is 2.34. The van der Waals surface area contributed by atoms with E-state index in [-0.39, 0.29) is 59.9 Å². The minimum absolute atomic E-state index is 0.0401. The molecule has 4 amide bonds. The maximum atomic E-state index is 12.8. The molecule has 0 saturated heterocycles. The largest absolute Gasteiger partial charge is 0.444 e. The summed E-state index contributed by atoms with van der Waals surface area (Å²) in [6.07, 6.45) is 34.5. The van der Waals surface area contributed by atoms with Crippen LogP contribution in [-0.4, -0.2) is 203 Å². The van der Waals surface area contributed by atoms with Crippen molar-refractivity contribution < 1.29 is 64.6 Å². The minimum Gasteiger partial charge on any atom is -0.444 e. The van der Waals surface area contributed by atoms with Gasteiger partial charge in [0.2, 0.25) is 23.6 Å². The van der Waals surface area contributed by atoms with Crippen LogP contribution in [0, 0.1) is 0 Å². The van der Waals surface area contributed by atoms with Gasteiger partial charge in [0.1, 0.15) is 54.4 Å². The van der Waals surface area contributed by atoms with Gasteiger partial charge >= 0.3 is 0 Å². The summed E-state index contributed by atoms with van der Waals surface area (Å²) in [5.74, 6) is -0.510. The lowest BCUT2D eigenvalue weighted by Gasteiger charge is -2.34. The van der Waals surface area contributed by atoms with Gasteiger partial charge < -0.3 is 57.9 Å². The van der Waals surface area contributed by atoms with Crippen LogP contribution in [-0.2, 0) is 32.0 Å². The fourth-order valence-corrected chi connectivity index (χ4v) is 12.1. The molecule has 2 fully saturated rings. The van der Waals surface area contributed by atoms with Gasteiger partial charge in [-0.05, 0) is 87.6 Å². The monoisotopic (exact) mass is 1650 g/mol. The number of oxazole rings is 4. The Morgan fingerprint density at radius 2 is 0.818 bits per heavy atom. The Morgan fingerprint density at radius 1 is 0.463 bits per heavy atom. The summed E-state index contributed by atoms with van der Waals surface area (Å²) in [6, 6.07) is 22.6. The maximum Gasteiger partial charge on any atom is 0.277 e. The number of amides is 4. The average Bonchev–Trinajstić information content (AvgIpc) is 1.67. The Bertz CT molecular complexity index is 5940. The molecule has 121 heavy (non-hydrogen) atoms. The topological polar surface area (TPSA) is 495 Å². The third kappa shape index (κ3) is 20.6. The van der Waals surface area contributed by atoms with E-state index in [4.69, 9.17) is 41.7 Å². The van der Waals surface area contributed by atoms with Crippen molar-refractivity contribution >= 4 is 46.4 Å². The Labute approximate surface area is 683 Å². The molecule has 42 heteroatoms. The normalized spacial score (nSPS) is 13.5. The molecule has 0 aromatic carbocycles. The number of anilines is 4. The zero-order valence-electron chi connectivity index (χ0n) is 64.6. The van der Waals surface area contributed by atoms with Gasteiger partial charge in [0.15, 0.2) is 22.8 Å². The van der Waals surface area contributed by atoms with Crippen LogP contribution < -0.4 is 21.3 Å². The van der Waals surface area contributed by atoms with Crippen molar-refractivity contribution in [1.82, 2.24) is 120 Å². The minimum atomic E-state index is -2.54. The molecule has 0 unspecified atom stereocenters. The lowest BCUT2D eigenvalue weighted by molar-refractivity contribution is -0.0226. The molecular formula is C79H76F2N28O12. The Balaban J connectivity index is 0.000000126. The van der Waals surface area contributed by atoms with Crippen molar-refractivity contribution in [2.75, 3.05) is 68.0 Å². The van der Waals surface area contributed by atoms with Gasteiger partial charge in [0, 0.05) is 88.1 Å². The quantitative estimate of drug-likeness (QED) is 0.0187. The number of alkyl halides is 2. The Morgan fingerprint density at radius 3 is 1.13 bits per heavy atom. The number of carbonyl (C=O) groups is 4. The number of pyridine rings is 4. The number of H-pyrrole nitrogens is 4. The smallest absolute Gasteiger partial charge is 0.277 e. The van der Waals surface area contributed by atoms with Gasteiger partial charge in [0.05, 0.1) is 150 Å². The van der Waals surface area contributed by atoms with Gasteiger partial charge in [-0.2, -0.15) is 40.8 Å².